The lowest BCUT2D eigenvalue weighted by molar-refractivity contribution is -0.130. The molecule has 2 aromatic rings. The van der Waals surface area contributed by atoms with E-state index >= 15 is 0 Å². The van der Waals surface area contributed by atoms with Crippen molar-refractivity contribution in [2.45, 2.75) is 18.4 Å². The number of benzene rings is 1. The van der Waals surface area contributed by atoms with E-state index in [0.717, 1.165) is 12.1 Å². The van der Waals surface area contributed by atoms with Gasteiger partial charge in [-0.15, -0.1) is 0 Å². The zero-order chi connectivity index (χ0) is 19.7. The largest absolute Gasteiger partial charge is 0.340 e. The Bertz CT molecular complexity index is 891. The number of hydrogen-bond donors (Lipinski definition) is 0. The van der Waals surface area contributed by atoms with Crippen LogP contribution < -0.4 is 4.90 Å². The second kappa shape index (κ2) is 7.31. The minimum atomic E-state index is -0.364. The molecule has 2 saturated heterocycles. The molecule has 0 saturated carbocycles. The van der Waals surface area contributed by atoms with Crippen LogP contribution in [0.5, 0.6) is 0 Å². The summed E-state index contributed by atoms with van der Waals surface area (Å²) in [6.07, 6.45) is 2.73. The summed E-state index contributed by atoms with van der Waals surface area (Å²) in [6.45, 7) is 1.88. The molecule has 2 amide bonds. The summed E-state index contributed by atoms with van der Waals surface area (Å²) in [5.41, 5.74) is 0.998. The number of halogens is 1. The molecule has 1 aromatic heterocycles. The second-order valence-electron chi connectivity index (χ2n) is 7.60. The number of anilines is 1. The molecule has 3 heterocycles. The van der Waals surface area contributed by atoms with Crippen LogP contribution >= 0.6 is 0 Å². The Morgan fingerprint density at radius 1 is 1.21 bits per heavy atom. The first kappa shape index (κ1) is 18.6. The van der Waals surface area contributed by atoms with Crippen molar-refractivity contribution in [2.75, 3.05) is 38.1 Å². The van der Waals surface area contributed by atoms with Gasteiger partial charge in [0.15, 0.2) is 0 Å². The summed E-state index contributed by atoms with van der Waals surface area (Å²) in [6, 6.07) is 11.7. The fourth-order valence-corrected chi connectivity index (χ4v) is 4.12. The number of pyridine rings is 1. The summed E-state index contributed by atoms with van der Waals surface area (Å²) < 4.78 is 13.7. The van der Waals surface area contributed by atoms with Crippen LogP contribution in [0, 0.1) is 5.82 Å². The number of amides is 2. The lowest BCUT2D eigenvalue weighted by Crippen LogP contribution is -2.64. The second-order valence-corrected chi connectivity index (χ2v) is 7.60. The van der Waals surface area contributed by atoms with Gasteiger partial charge in [-0.2, -0.15) is 0 Å². The summed E-state index contributed by atoms with van der Waals surface area (Å²) in [7, 11) is 1.92. The maximum atomic E-state index is 13.7. The summed E-state index contributed by atoms with van der Waals surface area (Å²) in [5.74, 6) is -0.382. The highest BCUT2D eigenvalue weighted by Gasteiger charge is 2.48. The van der Waals surface area contributed by atoms with Crippen molar-refractivity contribution in [1.82, 2.24) is 14.8 Å². The van der Waals surface area contributed by atoms with E-state index in [4.69, 9.17) is 0 Å². The third-order valence-electron chi connectivity index (χ3n) is 5.80. The first-order chi connectivity index (χ1) is 13.5. The van der Waals surface area contributed by atoms with E-state index < -0.39 is 0 Å². The van der Waals surface area contributed by atoms with Gasteiger partial charge >= 0.3 is 0 Å². The predicted molar refractivity (Wildman–Crippen MR) is 103 cm³/mol. The van der Waals surface area contributed by atoms with E-state index in [0.29, 0.717) is 25.3 Å². The summed E-state index contributed by atoms with van der Waals surface area (Å²) in [5, 5.41) is 0. The van der Waals surface area contributed by atoms with Crippen LogP contribution in [0.4, 0.5) is 10.1 Å². The summed E-state index contributed by atoms with van der Waals surface area (Å²) >= 11 is 0. The topological polar surface area (TPSA) is 56.8 Å². The highest BCUT2D eigenvalue weighted by molar-refractivity contribution is 5.96. The molecule has 0 unspecified atom stereocenters. The Hall–Kier alpha value is -2.80. The van der Waals surface area contributed by atoms with Gasteiger partial charge in [-0.05, 0) is 43.8 Å². The van der Waals surface area contributed by atoms with Gasteiger partial charge in [0.1, 0.15) is 5.82 Å². The Kier molecular flexibility index (Phi) is 4.85. The van der Waals surface area contributed by atoms with Crippen LogP contribution in [0.15, 0.2) is 48.7 Å². The van der Waals surface area contributed by atoms with Crippen LogP contribution in [0.25, 0.3) is 0 Å². The van der Waals surface area contributed by atoms with Gasteiger partial charge in [-0.3, -0.25) is 19.5 Å². The van der Waals surface area contributed by atoms with Crippen molar-refractivity contribution >= 4 is 17.5 Å². The first-order valence-corrected chi connectivity index (χ1v) is 9.42. The van der Waals surface area contributed by atoms with E-state index in [2.05, 4.69) is 4.98 Å². The van der Waals surface area contributed by atoms with Crippen LogP contribution in [-0.2, 0) is 16.0 Å². The molecule has 2 aliphatic heterocycles. The third kappa shape index (κ3) is 3.49. The molecule has 1 aromatic carbocycles. The maximum Gasteiger partial charge on any atom is 0.241 e. The molecular formula is C21H23FN4O2. The Morgan fingerprint density at radius 2 is 2.07 bits per heavy atom. The lowest BCUT2D eigenvalue weighted by atomic mass is 9.92. The Balaban J connectivity index is 1.50. The monoisotopic (exact) mass is 382 g/mol. The van der Waals surface area contributed by atoms with Gasteiger partial charge < -0.3 is 9.80 Å². The van der Waals surface area contributed by atoms with E-state index in [-0.39, 0.29) is 36.1 Å². The highest BCUT2D eigenvalue weighted by atomic mass is 19.1. The third-order valence-corrected chi connectivity index (χ3v) is 5.80. The number of aromatic nitrogens is 1. The zero-order valence-corrected chi connectivity index (χ0v) is 15.8. The van der Waals surface area contributed by atoms with E-state index in [1.807, 2.05) is 35.0 Å². The molecule has 7 heteroatoms. The van der Waals surface area contributed by atoms with Crippen molar-refractivity contribution in [2.24, 2.45) is 0 Å². The fourth-order valence-electron chi connectivity index (χ4n) is 4.12. The van der Waals surface area contributed by atoms with Crippen molar-refractivity contribution < 1.29 is 14.0 Å². The number of carbonyl (C=O) groups is 2. The zero-order valence-electron chi connectivity index (χ0n) is 15.8. The van der Waals surface area contributed by atoms with Gasteiger partial charge in [0, 0.05) is 37.2 Å². The van der Waals surface area contributed by atoms with Gasteiger partial charge in [-0.1, -0.05) is 12.1 Å². The van der Waals surface area contributed by atoms with Crippen LogP contribution in [-0.4, -0.2) is 65.4 Å². The van der Waals surface area contributed by atoms with E-state index in [1.165, 1.54) is 12.1 Å². The molecule has 6 nitrogen and oxygen atoms in total. The predicted octanol–water partition coefficient (Wildman–Crippen LogP) is 1.71. The van der Waals surface area contributed by atoms with Crippen LogP contribution in [0.2, 0.25) is 0 Å². The van der Waals surface area contributed by atoms with Gasteiger partial charge in [0.25, 0.3) is 0 Å². The van der Waals surface area contributed by atoms with Crippen molar-refractivity contribution in [3.05, 3.63) is 60.2 Å². The normalized spacial score (nSPS) is 22.9. The number of hydrogen-bond acceptors (Lipinski definition) is 4. The molecule has 0 bridgehead atoms. The molecule has 2 fully saturated rings. The quantitative estimate of drug-likeness (QED) is 0.811. The Labute approximate surface area is 163 Å². The number of rotatable bonds is 3. The minimum absolute atomic E-state index is 0.0400. The van der Waals surface area contributed by atoms with Gasteiger partial charge in [-0.25, -0.2) is 4.39 Å². The molecule has 4 rings (SSSR count). The molecule has 0 N–H and O–H groups in total. The first-order valence-electron chi connectivity index (χ1n) is 9.42. The molecule has 28 heavy (non-hydrogen) atoms. The smallest absolute Gasteiger partial charge is 0.241 e. The minimum Gasteiger partial charge on any atom is -0.340 e. The summed E-state index contributed by atoms with van der Waals surface area (Å²) in [4.78, 5) is 35.1. The number of likely N-dealkylation sites (tertiary alicyclic amines) is 1. The molecule has 146 valence electrons. The van der Waals surface area contributed by atoms with Gasteiger partial charge in [0.2, 0.25) is 11.8 Å². The number of nitrogens with zero attached hydrogens (tertiary/aromatic N) is 4. The highest BCUT2D eigenvalue weighted by Crippen LogP contribution is 2.33. The molecular weight excluding hydrogens is 359 g/mol. The molecule has 1 atom stereocenters. The number of likely N-dealkylation sites (N-methyl/N-ethyl adjacent to an activating group) is 1. The van der Waals surface area contributed by atoms with Gasteiger partial charge in [0.05, 0.1) is 18.5 Å². The SMILES string of the molecule is CN1CC(=O)N(c2cccc(F)c2)C[C@]12CCN(C(=O)Cc1ccccn1)C2. The van der Waals surface area contributed by atoms with Crippen LogP contribution in [0.1, 0.15) is 12.1 Å². The van der Waals surface area contributed by atoms with Crippen molar-refractivity contribution in [3.63, 3.8) is 0 Å². The van der Waals surface area contributed by atoms with E-state index in [1.54, 1.807) is 23.2 Å². The fraction of sp³-hybridized carbons (Fsp3) is 0.381. The number of carbonyl (C=O) groups excluding carboxylic acids is 2. The van der Waals surface area contributed by atoms with Crippen molar-refractivity contribution in [1.29, 1.82) is 0 Å². The lowest BCUT2D eigenvalue weighted by Gasteiger charge is -2.46. The van der Waals surface area contributed by atoms with Crippen molar-refractivity contribution in [3.8, 4) is 0 Å². The average Bonchev–Trinajstić information content (AvgIpc) is 3.11. The molecule has 1 spiro atoms. The van der Waals surface area contributed by atoms with E-state index in [9.17, 15) is 14.0 Å². The molecule has 2 aliphatic rings. The molecule has 0 aliphatic carbocycles. The maximum absolute atomic E-state index is 13.7. The standard InChI is InChI=1S/C21H23FN4O2/c1-24-13-20(28)26(18-7-4-5-16(22)11-18)15-21(24)8-10-25(14-21)19(27)12-17-6-2-3-9-23-17/h2-7,9,11H,8,10,12-15H2,1H3/t21-/m1/s1. The molecule has 0 radical (unpaired) electrons. The Morgan fingerprint density at radius 3 is 2.82 bits per heavy atom. The van der Waals surface area contributed by atoms with Crippen LogP contribution in [0.3, 0.4) is 0 Å². The number of piperazine rings is 1. The average molecular weight is 382 g/mol.